The second kappa shape index (κ2) is 15.1. The minimum atomic E-state index is -3.93. The van der Waals surface area contributed by atoms with Crippen LogP contribution in [0.5, 0.6) is 11.5 Å². The highest BCUT2D eigenvalue weighted by molar-refractivity contribution is 7.89. The van der Waals surface area contributed by atoms with Gasteiger partial charge in [0.25, 0.3) is 0 Å². The van der Waals surface area contributed by atoms with Crippen LogP contribution in [0.2, 0.25) is 0 Å². The number of halogens is 1. The third-order valence-corrected chi connectivity index (χ3v) is 7.65. The van der Waals surface area contributed by atoms with E-state index in [-0.39, 0.29) is 28.8 Å². The van der Waals surface area contributed by atoms with Crippen molar-refractivity contribution in [3.8, 4) is 22.6 Å². The van der Waals surface area contributed by atoms with Crippen molar-refractivity contribution in [2.75, 3.05) is 6.54 Å². The molecule has 0 bridgehead atoms. The van der Waals surface area contributed by atoms with Crippen LogP contribution >= 0.6 is 0 Å². The Hall–Kier alpha value is -5.07. The molecule has 4 rings (SSSR count). The van der Waals surface area contributed by atoms with Gasteiger partial charge >= 0.3 is 12.2 Å². The van der Waals surface area contributed by atoms with Gasteiger partial charge in [-0.2, -0.15) is 4.99 Å². The lowest BCUT2D eigenvalue weighted by molar-refractivity contribution is 0.148. The van der Waals surface area contributed by atoms with E-state index in [1.54, 1.807) is 65.6 Å². The summed E-state index contributed by atoms with van der Waals surface area (Å²) >= 11 is 0. The van der Waals surface area contributed by atoms with Gasteiger partial charge in [0.05, 0.1) is 4.90 Å². The first-order chi connectivity index (χ1) is 21.5. The van der Waals surface area contributed by atoms with Gasteiger partial charge in [0.1, 0.15) is 23.2 Å². The molecule has 0 aliphatic rings. The smallest absolute Gasteiger partial charge is 0.410 e. The Morgan fingerprint density at radius 1 is 0.867 bits per heavy atom. The first-order valence-electron chi connectivity index (χ1n) is 14.1. The molecule has 0 aromatic heterocycles. The predicted octanol–water partition coefficient (Wildman–Crippen LogP) is 6.24. The minimum Gasteiger partial charge on any atom is -0.410 e. The highest BCUT2D eigenvalue weighted by Gasteiger charge is 2.18. The summed E-state index contributed by atoms with van der Waals surface area (Å²) in [7, 11) is -3.93. The molecule has 4 aromatic rings. The minimum absolute atomic E-state index is 0.00507. The largest absolute Gasteiger partial charge is 0.441 e. The zero-order valence-corrected chi connectivity index (χ0v) is 25.4. The zero-order chi connectivity index (χ0) is 32.4. The summed E-state index contributed by atoms with van der Waals surface area (Å²) in [5, 5.41) is 5.37. The summed E-state index contributed by atoms with van der Waals surface area (Å²) in [5.41, 5.74) is 8.26. The average Bonchev–Trinajstić information content (AvgIpc) is 3.02. The molecule has 45 heavy (non-hydrogen) atoms. The Kier molecular flexibility index (Phi) is 11.0. The highest BCUT2D eigenvalue weighted by atomic mass is 32.2. The number of rotatable bonds is 11. The first-order valence-corrected chi connectivity index (χ1v) is 15.7. The Morgan fingerprint density at radius 3 is 2.22 bits per heavy atom. The molecule has 2 amide bonds. The number of amidine groups is 1. The van der Waals surface area contributed by atoms with Crippen molar-refractivity contribution < 1.29 is 31.9 Å². The number of benzene rings is 4. The number of amides is 2. The standard InChI is InChI=1S/C33H33FN4O6S/c1-2-3-6-20-38(33(40)44-28-16-12-24(13-17-28)29-10-4-5-11-30(29)45(36,41)42)22-23-8-7-9-25(21-23)31(35)37-32(39)43-27-18-14-26(34)15-19-27/h4-5,7-19,21H,2-3,6,20,22H2,1H3,(H2,35,37,39)(H2,36,41,42). The van der Waals surface area contributed by atoms with E-state index < -0.39 is 28.0 Å². The Labute approximate surface area is 261 Å². The van der Waals surface area contributed by atoms with E-state index in [1.807, 2.05) is 6.07 Å². The number of carbonyl (C=O) groups is 2. The summed E-state index contributed by atoms with van der Waals surface area (Å²) in [6.07, 6.45) is 1.10. The normalized spacial score (nSPS) is 11.6. The number of nitrogens with zero attached hydrogens (tertiary/aromatic N) is 2. The lowest BCUT2D eigenvalue weighted by Crippen LogP contribution is -2.34. The van der Waals surface area contributed by atoms with Crippen molar-refractivity contribution in [3.05, 3.63) is 114 Å². The number of hydrogen-bond acceptors (Lipinski definition) is 6. The number of nitrogens with two attached hydrogens (primary N) is 2. The van der Waals surface area contributed by atoms with Gasteiger partial charge in [-0.3, -0.25) is 0 Å². The van der Waals surface area contributed by atoms with E-state index in [0.717, 1.165) is 37.0 Å². The fraction of sp³-hybridized carbons (Fsp3) is 0.182. The molecule has 4 aromatic carbocycles. The summed E-state index contributed by atoms with van der Waals surface area (Å²) in [5.74, 6) is -0.157. The number of sulfonamides is 1. The monoisotopic (exact) mass is 632 g/mol. The van der Waals surface area contributed by atoms with Gasteiger partial charge in [-0.15, -0.1) is 0 Å². The highest BCUT2D eigenvalue weighted by Crippen LogP contribution is 2.28. The number of ether oxygens (including phenoxy) is 2. The summed E-state index contributed by atoms with van der Waals surface area (Å²) in [4.78, 5) is 30.9. The summed E-state index contributed by atoms with van der Waals surface area (Å²) in [6, 6.07) is 24.7. The maximum Gasteiger partial charge on any atom is 0.441 e. The molecular weight excluding hydrogens is 599 g/mol. The van der Waals surface area contributed by atoms with Gasteiger partial charge < -0.3 is 20.1 Å². The van der Waals surface area contributed by atoms with Crippen LogP contribution in [-0.2, 0) is 16.6 Å². The fourth-order valence-electron chi connectivity index (χ4n) is 4.45. The van der Waals surface area contributed by atoms with Crippen LogP contribution in [0, 0.1) is 5.82 Å². The van der Waals surface area contributed by atoms with Gasteiger partial charge in [-0.05, 0) is 66.1 Å². The summed E-state index contributed by atoms with van der Waals surface area (Å²) < 4.78 is 47.9. The SMILES string of the molecule is CCCCCN(Cc1cccc(C(N)=NC(=O)Oc2ccc(F)cc2)c1)C(=O)Oc1ccc(-c2ccccc2S(N)(=O)=O)cc1. The molecule has 0 unspecified atom stereocenters. The van der Waals surface area contributed by atoms with Gasteiger partial charge in [-0.25, -0.2) is 27.5 Å². The van der Waals surface area contributed by atoms with E-state index in [9.17, 15) is 22.4 Å². The van der Waals surface area contributed by atoms with Crippen molar-refractivity contribution in [1.82, 2.24) is 4.90 Å². The van der Waals surface area contributed by atoms with Crippen LogP contribution < -0.4 is 20.3 Å². The van der Waals surface area contributed by atoms with E-state index in [0.29, 0.717) is 23.2 Å². The fourth-order valence-corrected chi connectivity index (χ4v) is 5.21. The second-order valence-electron chi connectivity index (χ2n) is 10.1. The van der Waals surface area contributed by atoms with Crippen molar-refractivity contribution in [1.29, 1.82) is 0 Å². The third kappa shape index (κ3) is 9.46. The van der Waals surface area contributed by atoms with Crippen molar-refractivity contribution >= 4 is 28.0 Å². The number of hydrogen-bond donors (Lipinski definition) is 2. The molecule has 0 saturated heterocycles. The quantitative estimate of drug-likeness (QED) is 0.113. The molecule has 4 N–H and O–H groups in total. The van der Waals surface area contributed by atoms with Crippen LogP contribution in [0.4, 0.5) is 14.0 Å². The van der Waals surface area contributed by atoms with Crippen LogP contribution in [0.25, 0.3) is 11.1 Å². The van der Waals surface area contributed by atoms with Crippen molar-refractivity contribution in [2.45, 2.75) is 37.6 Å². The first kappa shape index (κ1) is 32.8. The number of primary sulfonamides is 1. The zero-order valence-electron chi connectivity index (χ0n) is 24.6. The Morgan fingerprint density at radius 2 is 1.53 bits per heavy atom. The van der Waals surface area contributed by atoms with E-state index >= 15 is 0 Å². The molecule has 0 atom stereocenters. The van der Waals surface area contributed by atoms with Crippen LogP contribution in [0.1, 0.15) is 37.3 Å². The van der Waals surface area contributed by atoms with Crippen molar-refractivity contribution in [3.63, 3.8) is 0 Å². The predicted molar refractivity (Wildman–Crippen MR) is 169 cm³/mol. The van der Waals surface area contributed by atoms with E-state index in [1.165, 1.54) is 18.2 Å². The van der Waals surface area contributed by atoms with Crippen LogP contribution in [0.3, 0.4) is 0 Å². The lowest BCUT2D eigenvalue weighted by atomic mass is 10.1. The molecule has 0 heterocycles. The molecule has 234 valence electrons. The molecule has 0 fully saturated rings. The van der Waals surface area contributed by atoms with Gasteiger partial charge in [0, 0.05) is 24.2 Å². The van der Waals surface area contributed by atoms with Gasteiger partial charge in [0.2, 0.25) is 10.0 Å². The maximum absolute atomic E-state index is 13.3. The Bertz CT molecular complexity index is 1780. The number of carbonyl (C=O) groups excluding carboxylic acids is 2. The lowest BCUT2D eigenvalue weighted by Gasteiger charge is -2.22. The second-order valence-corrected chi connectivity index (χ2v) is 11.6. The van der Waals surface area contributed by atoms with Gasteiger partial charge in [-0.1, -0.05) is 68.3 Å². The van der Waals surface area contributed by atoms with Crippen LogP contribution in [0.15, 0.2) is 107 Å². The van der Waals surface area contributed by atoms with Crippen LogP contribution in [-0.4, -0.2) is 37.9 Å². The molecule has 0 aliphatic carbocycles. The molecule has 12 heteroatoms. The maximum atomic E-state index is 13.3. The summed E-state index contributed by atoms with van der Waals surface area (Å²) in [6.45, 7) is 2.69. The van der Waals surface area contributed by atoms with E-state index in [2.05, 4.69) is 11.9 Å². The topological polar surface area (TPSA) is 154 Å². The molecule has 0 spiro atoms. The van der Waals surface area contributed by atoms with Gasteiger partial charge in [0.15, 0.2) is 0 Å². The number of unbranched alkanes of at least 4 members (excludes halogenated alkanes) is 2. The molecule has 10 nitrogen and oxygen atoms in total. The third-order valence-electron chi connectivity index (χ3n) is 6.68. The average molecular weight is 633 g/mol. The van der Waals surface area contributed by atoms with E-state index in [4.69, 9.17) is 20.3 Å². The number of aliphatic imine (C=N–C) groups is 1. The molecule has 0 aliphatic heterocycles. The van der Waals surface area contributed by atoms with Crippen molar-refractivity contribution in [2.24, 2.45) is 15.9 Å². The molecule has 0 saturated carbocycles. The Balaban J connectivity index is 1.47. The molecular formula is C33H33FN4O6S. The molecule has 0 radical (unpaired) electrons.